The predicted molar refractivity (Wildman–Crippen MR) is 36.6 cm³/mol. The predicted octanol–water partition coefficient (Wildman–Crippen LogP) is 1.04. The molecule has 0 saturated heterocycles. The highest BCUT2D eigenvalue weighted by molar-refractivity contribution is 5.85. The van der Waals surface area contributed by atoms with Gasteiger partial charge in [0, 0.05) is 7.11 Å². The van der Waals surface area contributed by atoms with Crippen LogP contribution in [0.15, 0.2) is 5.16 Å². The summed E-state index contributed by atoms with van der Waals surface area (Å²) >= 11 is 0. The van der Waals surface area contributed by atoms with E-state index in [2.05, 4.69) is 9.99 Å². The first-order valence-corrected chi connectivity index (χ1v) is 2.82. The molecule has 0 amide bonds. The van der Waals surface area contributed by atoms with Gasteiger partial charge in [-0.2, -0.15) is 0 Å². The molecule has 0 aromatic rings. The normalized spacial score (nSPS) is 15.3. The van der Waals surface area contributed by atoms with Gasteiger partial charge in [-0.1, -0.05) is 5.16 Å². The molecule has 0 radical (unpaired) electrons. The summed E-state index contributed by atoms with van der Waals surface area (Å²) in [6.45, 7) is 3.77. The van der Waals surface area contributed by atoms with E-state index < -0.39 is 0 Å². The molecule has 0 aliphatic rings. The lowest BCUT2D eigenvalue weighted by atomic mass is 10.3. The number of hydrogen-bond acceptors (Lipinski definition) is 3. The Balaban J connectivity index is 3.70. The number of nitrogens with zero attached hydrogens (tertiary/aromatic N) is 1. The molecule has 9 heavy (non-hydrogen) atoms. The molecule has 0 N–H and O–H groups in total. The number of oxime groups is 1. The Labute approximate surface area is 55.6 Å². The number of ether oxygens (including phenoxy) is 1. The van der Waals surface area contributed by atoms with Crippen LogP contribution in [0, 0.1) is 0 Å². The van der Waals surface area contributed by atoms with Crippen molar-refractivity contribution in [2.45, 2.75) is 20.0 Å². The van der Waals surface area contributed by atoms with E-state index >= 15 is 0 Å². The fourth-order valence-electron chi connectivity index (χ4n) is 0.389. The Bertz CT molecular complexity index is 101. The molecule has 0 bridgehead atoms. The van der Waals surface area contributed by atoms with Crippen LogP contribution >= 0.6 is 0 Å². The van der Waals surface area contributed by atoms with Crippen LogP contribution in [-0.2, 0) is 9.57 Å². The van der Waals surface area contributed by atoms with Crippen molar-refractivity contribution in [3.8, 4) is 0 Å². The first-order chi connectivity index (χ1) is 4.22. The molecule has 0 fully saturated rings. The van der Waals surface area contributed by atoms with Crippen LogP contribution in [-0.4, -0.2) is 26.0 Å². The van der Waals surface area contributed by atoms with Crippen molar-refractivity contribution in [2.24, 2.45) is 5.16 Å². The van der Waals surface area contributed by atoms with Crippen molar-refractivity contribution in [2.75, 3.05) is 14.2 Å². The van der Waals surface area contributed by atoms with E-state index in [1.807, 2.05) is 13.8 Å². The third kappa shape index (κ3) is 3.08. The van der Waals surface area contributed by atoms with Crippen LogP contribution < -0.4 is 0 Å². The Kier molecular flexibility index (Phi) is 4.05. The highest BCUT2D eigenvalue weighted by atomic mass is 16.6. The monoisotopic (exact) mass is 131 g/mol. The lowest BCUT2D eigenvalue weighted by Gasteiger charge is -2.06. The van der Waals surface area contributed by atoms with E-state index in [1.54, 1.807) is 7.11 Å². The van der Waals surface area contributed by atoms with Gasteiger partial charge in [-0.3, -0.25) is 0 Å². The largest absolute Gasteiger partial charge is 0.399 e. The maximum atomic E-state index is 4.95. The Hall–Kier alpha value is -0.570. The maximum Gasteiger partial charge on any atom is 0.106 e. The summed E-state index contributed by atoms with van der Waals surface area (Å²) in [5.41, 5.74) is 0.847. The molecule has 54 valence electrons. The van der Waals surface area contributed by atoms with Crippen molar-refractivity contribution < 1.29 is 9.57 Å². The fourth-order valence-corrected chi connectivity index (χ4v) is 0.389. The van der Waals surface area contributed by atoms with Crippen molar-refractivity contribution in [3.05, 3.63) is 0 Å². The average Bonchev–Trinajstić information content (AvgIpc) is 1.87. The summed E-state index contributed by atoms with van der Waals surface area (Å²) in [7, 11) is 3.16. The summed E-state index contributed by atoms with van der Waals surface area (Å²) in [6, 6.07) is 0. The fraction of sp³-hybridized carbons (Fsp3) is 0.833. The van der Waals surface area contributed by atoms with Crippen LogP contribution in [0.2, 0.25) is 0 Å². The molecule has 0 spiro atoms. The maximum absolute atomic E-state index is 4.95. The van der Waals surface area contributed by atoms with E-state index in [0.717, 1.165) is 5.71 Å². The zero-order valence-electron chi connectivity index (χ0n) is 6.34. The first kappa shape index (κ1) is 8.43. The van der Waals surface area contributed by atoms with Crippen LogP contribution in [0.1, 0.15) is 13.8 Å². The van der Waals surface area contributed by atoms with Crippen molar-refractivity contribution >= 4 is 5.71 Å². The molecule has 0 aliphatic carbocycles. The highest BCUT2D eigenvalue weighted by Crippen LogP contribution is 1.91. The number of hydrogen-bond donors (Lipinski definition) is 0. The van der Waals surface area contributed by atoms with Gasteiger partial charge >= 0.3 is 0 Å². The van der Waals surface area contributed by atoms with Gasteiger partial charge in [0.2, 0.25) is 0 Å². The van der Waals surface area contributed by atoms with E-state index in [0.29, 0.717) is 0 Å². The summed E-state index contributed by atoms with van der Waals surface area (Å²) < 4.78 is 4.95. The van der Waals surface area contributed by atoms with Crippen LogP contribution in [0.4, 0.5) is 0 Å². The van der Waals surface area contributed by atoms with Crippen LogP contribution in [0.25, 0.3) is 0 Å². The number of methoxy groups -OCH3 is 1. The zero-order valence-corrected chi connectivity index (χ0v) is 6.34. The van der Waals surface area contributed by atoms with Crippen molar-refractivity contribution in [1.29, 1.82) is 0 Å². The van der Waals surface area contributed by atoms with Gasteiger partial charge in [0.25, 0.3) is 0 Å². The summed E-state index contributed by atoms with van der Waals surface area (Å²) in [5, 5.41) is 3.69. The lowest BCUT2D eigenvalue weighted by Crippen LogP contribution is -2.15. The van der Waals surface area contributed by atoms with Crippen molar-refractivity contribution in [1.82, 2.24) is 0 Å². The molecule has 0 aromatic heterocycles. The lowest BCUT2D eigenvalue weighted by molar-refractivity contribution is 0.157. The smallest absolute Gasteiger partial charge is 0.106 e. The third-order valence-electron chi connectivity index (χ3n) is 1.18. The topological polar surface area (TPSA) is 30.8 Å². The van der Waals surface area contributed by atoms with Gasteiger partial charge in [0.15, 0.2) is 0 Å². The molecule has 0 rings (SSSR count). The zero-order chi connectivity index (χ0) is 7.28. The minimum atomic E-state index is 0.0462. The third-order valence-corrected chi connectivity index (χ3v) is 1.18. The minimum absolute atomic E-state index is 0.0462. The van der Waals surface area contributed by atoms with Crippen LogP contribution in [0.3, 0.4) is 0 Å². The van der Waals surface area contributed by atoms with Crippen molar-refractivity contribution in [3.63, 3.8) is 0 Å². The molecule has 1 atom stereocenters. The number of rotatable bonds is 3. The Morgan fingerprint density at radius 1 is 1.44 bits per heavy atom. The second-order valence-electron chi connectivity index (χ2n) is 1.79. The van der Waals surface area contributed by atoms with Gasteiger partial charge in [-0.15, -0.1) is 0 Å². The molecule has 0 aromatic carbocycles. The van der Waals surface area contributed by atoms with E-state index in [9.17, 15) is 0 Å². The molecule has 0 heterocycles. The second-order valence-corrected chi connectivity index (χ2v) is 1.79. The molecule has 1 unspecified atom stereocenters. The van der Waals surface area contributed by atoms with Gasteiger partial charge in [-0.05, 0) is 13.8 Å². The van der Waals surface area contributed by atoms with Gasteiger partial charge < -0.3 is 9.57 Å². The van der Waals surface area contributed by atoms with E-state index in [-0.39, 0.29) is 6.10 Å². The minimum Gasteiger partial charge on any atom is -0.399 e. The first-order valence-electron chi connectivity index (χ1n) is 2.82. The quantitative estimate of drug-likeness (QED) is 0.423. The van der Waals surface area contributed by atoms with Gasteiger partial charge in [-0.25, -0.2) is 0 Å². The van der Waals surface area contributed by atoms with Crippen LogP contribution in [0.5, 0.6) is 0 Å². The molecule has 3 heteroatoms. The standard InChI is InChI=1S/C6H13NO2/c1-5(7-9-4)6(2)8-3/h6H,1-4H3/b7-5+. The molecule has 3 nitrogen and oxygen atoms in total. The second kappa shape index (κ2) is 4.32. The SMILES string of the molecule is CO/N=C(\C)C(C)OC. The van der Waals surface area contributed by atoms with E-state index in [1.165, 1.54) is 7.11 Å². The molecular formula is C6H13NO2. The Morgan fingerprint density at radius 3 is 2.33 bits per heavy atom. The summed E-state index contributed by atoms with van der Waals surface area (Å²) in [6.07, 6.45) is 0.0462. The summed E-state index contributed by atoms with van der Waals surface area (Å²) in [5.74, 6) is 0. The molecule has 0 saturated carbocycles. The van der Waals surface area contributed by atoms with Gasteiger partial charge in [0.05, 0.1) is 11.8 Å². The van der Waals surface area contributed by atoms with Gasteiger partial charge in [0.1, 0.15) is 7.11 Å². The molecular weight excluding hydrogens is 118 g/mol. The Morgan fingerprint density at radius 2 is 2.00 bits per heavy atom. The van der Waals surface area contributed by atoms with E-state index in [4.69, 9.17) is 4.74 Å². The average molecular weight is 131 g/mol. The molecule has 0 aliphatic heterocycles. The summed E-state index contributed by atoms with van der Waals surface area (Å²) in [4.78, 5) is 4.53. The highest BCUT2D eigenvalue weighted by Gasteiger charge is 2.01.